The van der Waals surface area contributed by atoms with Crippen LogP contribution in [0.4, 0.5) is 0 Å². The second-order valence-electron chi connectivity index (χ2n) is 4.74. The molecule has 6 heteroatoms. The van der Waals surface area contributed by atoms with Crippen molar-refractivity contribution < 1.29 is 9.53 Å². The predicted molar refractivity (Wildman–Crippen MR) is 93.5 cm³/mol. The monoisotopic (exact) mass is 330 g/mol. The molecule has 0 aliphatic carbocycles. The Bertz CT molecular complexity index is 718. The summed E-state index contributed by atoms with van der Waals surface area (Å²) in [5.41, 5.74) is 2.91. The molecule has 0 radical (unpaired) electrons. The number of hydrogen-bond acceptors (Lipinski definition) is 4. The number of rotatable bonds is 3. The molecule has 1 saturated heterocycles. The van der Waals surface area contributed by atoms with Crippen LogP contribution in [0.3, 0.4) is 0 Å². The van der Waals surface area contributed by atoms with Crippen molar-refractivity contribution in [2.75, 3.05) is 12.9 Å². The molecule has 0 spiro atoms. The Labute approximate surface area is 138 Å². The molecule has 1 aromatic rings. The largest absolute Gasteiger partial charge is 0.497 e. The zero-order valence-electron chi connectivity index (χ0n) is 11.9. The van der Waals surface area contributed by atoms with Gasteiger partial charge in [0, 0.05) is 10.7 Å². The lowest BCUT2D eigenvalue weighted by atomic mass is 10.1. The fourth-order valence-electron chi connectivity index (χ4n) is 2.14. The Morgan fingerprint density at radius 3 is 2.55 bits per heavy atom. The quantitative estimate of drug-likeness (QED) is 0.659. The third kappa shape index (κ3) is 3.23. The van der Waals surface area contributed by atoms with Gasteiger partial charge in [-0.15, -0.1) is 11.8 Å². The molecule has 1 fully saturated rings. The number of carbonyl (C=O) groups excluding carboxylic acids is 1. The van der Waals surface area contributed by atoms with Crippen LogP contribution in [0.5, 0.6) is 5.75 Å². The molecule has 22 heavy (non-hydrogen) atoms. The van der Waals surface area contributed by atoms with Crippen molar-refractivity contribution in [3.05, 3.63) is 58.7 Å². The number of nitrogens with one attached hydrogen (secondary N) is 2. The van der Waals surface area contributed by atoms with Crippen molar-refractivity contribution >= 4 is 40.6 Å². The van der Waals surface area contributed by atoms with Gasteiger partial charge in [-0.05, 0) is 47.6 Å². The van der Waals surface area contributed by atoms with E-state index < -0.39 is 0 Å². The first kappa shape index (κ1) is 14.9. The van der Waals surface area contributed by atoms with Gasteiger partial charge in [0.2, 0.25) is 0 Å². The first-order valence-electron chi connectivity index (χ1n) is 6.68. The van der Waals surface area contributed by atoms with Crippen LogP contribution in [0.25, 0.3) is 5.57 Å². The highest BCUT2D eigenvalue weighted by atomic mass is 32.2. The summed E-state index contributed by atoms with van der Waals surface area (Å²) in [6, 6.07) is 8.01. The predicted octanol–water partition coefficient (Wildman–Crippen LogP) is 2.60. The van der Waals surface area contributed by atoms with Gasteiger partial charge in [0.1, 0.15) is 11.4 Å². The molecule has 0 unspecified atom stereocenters. The molecule has 112 valence electrons. The van der Waals surface area contributed by atoms with E-state index in [1.165, 1.54) is 11.1 Å². The molecule has 1 aromatic carbocycles. The van der Waals surface area contributed by atoms with Gasteiger partial charge in [-0.25, -0.2) is 0 Å². The molecule has 0 saturated carbocycles. The van der Waals surface area contributed by atoms with E-state index in [1.54, 1.807) is 18.9 Å². The minimum absolute atomic E-state index is 0.184. The lowest BCUT2D eigenvalue weighted by Crippen LogP contribution is -2.21. The summed E-state index contributed by atoms with van der Waals surface area (Å²) in [6.07, 6.45) is 5.91. The summed E-state index contributed by atoms with van der Waals surface area (Å²) in [6.45, 7) is 0. The maximum absolute atomic E-state index is 11.6. The van der Waals surface area contributed by atoms with Crippen molar-refractivity contribution in [3.8, 4) is 5.75 Å². The molecule has 2 aliphatic rings. The average Bonchev–Trinajstić information content (AvgIpc) is 2.86. The van der Waals surface area contributed by atoms with Crippen LogP contribution in [-0.2, 0) is 4.79 Å². The fourth-order valence-corrected chi connectivity index (χ4v) is 3.29. The topological polar surface area (TPSA) is 50.4 Å². The van der Waals surface area contributed by atoms with Gasteiger partial charge >= 0.3 is 0 Å². The third-order valence-corrected chi connectivity index (χ3v) is 4.56. The summed E-state index contributed by atoms with van der Waals surface area (Å²) in [5.74, 6) is 1.52. The SMILES string of the molecule is COc1ccc(C2=CC=C(C=C3NC(=S)NC3=O)SC2)cc1. The average molecular weight is 330 g/mol. The normalized spacial score (nSPS) is 19.4. The summed E-state index contributed by atoms with van der Waals surface area (Å²) >= 11 is 6.60. The first-order chi connectivity index (χ1) is 10.7. The molecule has 3 rings (SSSR count). The second kappa shape index (κ2) is 6.37. The zero-order valence-corrected chi connectivity index (χ0v) is 13.5. The maximum atomic E-state index is 11.6. The van der Waals surface area contributed by atoms with Crippen LogP contribution in [-0.4, -0.2) is 23.9 Å². The summed E-state index contributed by atoms with van der Waals surface area (Å²) < 4.78 is 5.17. The van der Waals surface area contributed by atoms with E-state index >= 15 is 0 Å². The van der Waals surface area contributed by atoms with E-state index in [4.69, 9.17) is 17.0 Å². The Morgan fingerprint density at radius 1 is 1.23 bits per heavy atom. The van der Waals surface area contributed by atoms with Gasteiger partial charge in [0.15, 0.2) is 5.11 Å². The molecule has 2 N–H and O–H groups in total. The van der Waals surface area contributed by atoms with Gasteiger partial charge in [0.05, 0.1) is 7.11 Å². The zero-order chi connectivity index (χ0) is 15.5. The van der Waals surface area contributed by atoms with Crippen LogP contribution in [0.1, 0.15) is 5.56 Å². The number of ether oxygens (including phenoxy) is 1. The molecule has 4 nitrogen and oxygen atoms in total. The standard InChI is InChI=1S/C16H14N2O2S2/c1-20-12-5-2-10(3-6-12)11-4-7-13(22-9-11)8-14-15(19)18-16(21)17-14/h2-8H,9H2,1H3,(H2,17,18,19,21). The van der Waals surface area contributed by atoms with Crippen molar-refractivity contribution in [1.82, 2.24) is 10.6 Å². The molecule has 2 aliphatic heterocycles. The molecule has 1 amide bonds. The van der Waals surface area contributed by atoms with E-state index in [1.807, 2.05) is 36.4 Å². The van der Waals surface area contributed by atoms with Crippen LogP contribution < -0.4 is 15.4 Å². The molecular weight excluding hydrogens is 316 g/mol. The highest BCUT2D eigenvalue weighted by Gasteiger charge is 2.20. The van der Waals surface area contributed by atoms with Gasteiger partial charge in [-0.3, -0.25) is 10.1 Å². The van der Waals surface area contributed by atoms with Crippen LogP contribution in [0, 0.1) is 0 Å². The maximum Gasteiger partial charge on any atom is 0.273 e. The van der Waals surface area contributed by atoms with Gasteiger partial charge in [0.25, 0.3) is 5.91 Å². The minimum Gasteiger partial charge on any atom is -0.497 e. The van der Waals surface area contributed by atoms with Crippen molar-refractivity contribution in [1.29, 1.82) is 0 Å². The molecule has 0 bridgehead atoms. The Hall–Kier alpha value is -2.05. The Morgan fingerprint density at radius 2 is 2.00 bits per heavy atom. The second-order valence-corrected chi connectivity index (χ2v) is 6.20. The highest BCUT2D eigenvalue weighted by Crippen LogP contribution is 2.31. The van der Waals surface area contributed by atoms with E-state index in [9.17, 15) is 4.79 Å². The minimum atomic E-state index is -0.184. The lowest BCUT2D eigenvalue weighted by Gasteiger charge is -2.13. The molecule has 0 atom stereocenters. The van der Waals surface area contributed by atoms with E-state index in [2.05, 4.69) is 16.7 Å². The van der Waals surface area contributed by atoms with Gasteiger partial charge in [-0.1, -0.05) is 18.2 Å². The van der Waals surface area contributed by atoms with Crippen LogP contribution in [0.2, 0.25) is 0 Å². The van der Waals surface area contributed by atoms with E-state index in [0.29, 0.717) is 10.8 Å². The Balaban J connectivity index is 1.77. The third-order valence-electron chi connectivity index (χ3n) is 3.31. The van der Waals surface area contributed by atoms with E-state index in [-0.39, 0.29) is 5.91 Å². The number of amides is 1. The van der Waals surface area contributed by atoms with Crippen molar-refractivity contribution in [2.24, 2.45) is 0 Å². The number of allylic oxidation sites excluding steroid dienone is 3. The summed E-state index contributed by atoms with van der Waals surface area (Å²) in [5, 5.41) is 5.75. The van der Waals surface area contributed by atoms with Crippen molar-refractivity contribution in [2.45, 2.75) is 0 Å². The number of carbonyl (C=O) groups is 1. The fraction of sp³-hybridized carbons (Fsp3) is 0.125. The highest BCUT2D eigenvalue weighted by molar-refractivity contribution is 8.03. The lowest BCUT2D eigenvalue weighted by molar-refractivity contribution is -0.115. The smallest absolute Gasteiger partial charge is 0.273 e. The number of methoxy groups -OCH3 is 1. The molecular formula is C16H14N2O2S2. The van der Waals surface area contributed by atoms with E-state index in [0.717, 1.165) is 16.4 Å². The number of thiocarbonyl (C=S) groups is 1. The summed E-state index contributed by atoms with van der Waals surface area (Å²) in [7, 11) is 1.66. The van der Waals surface area contributed by atoms with Crippen molar-refractivity contribution in [3.63, 3.8) is 0 Å². The number of thioether (sulfide) groups is 1. The van der Waals surface area contributed by atoms with Gasteiger partial charge in [-0.2, -0.15) is 0 Å². The van der Waals surface area contributed by atoms with Crippen LogP contribution in [0.15, 0.2) is 53.1 Å². The summed E-state index contributed by atoms with van der Waals surface area (Å²) in [4.78, 5) is 12.6. The molecule has 2 heterocycles. The first-order valence-corrected chi connectivity index (χ1v) is 8.07. The number of benzene rings is 1. The van der Waals surface area contributed by atoms with Crippen LogP contribution >= 0.6 is 24.0 Å². The van der Waals surface area contributed by atoms with Gasteiger partial charge < -0.3 is 10.1 Å². The Kier molecular flexibility index (Phi) is 4.31. The number of hydrogen-bond donors (Lipinski definition) is 2. The molecule has 0 aromatic heterocycles.